The van der Waals surface area contributed by atoms with Crippen molar-refractivity contribution in [3.63, 3.8) is 0 Å². The number of carbonyl (C=O) groups excluding carboxylic acids is 1. The number of nitrogens with zero attached hydrogens (tertiary/aromatic N) is 1. The lowest BCUT2D eigenvalue weighted by molar-refractivity contribution is 0.0943. The second-order valence-corrected chi connectivity index (χ2v) is 9.68. The summed E-state index contributed by atoms with van der Waals surface area (Å²) in [6.07, 6.45) is 3.45. The van der Waals surface area contributed by atoms with Gasteiger partial charge in [-0.1, -0.05) is 0 Å². The summed E-state index contributed by atoms with van der Waals surface area (Å²) < 4.78 is 25.7. The van der Waals surface area contributed by atoms with Crippen LogP contribution in [0.5, 0.6) is 0 Å². The first kappa shape index (κ1) is 15.4. The van der Waals surface area contributed by atoms with Gasteiger partial charge in [0.2, 0.25) is 10.0 Å². The Bertz CT molecular complexity index is 567. The van der Waals surface area contributed by atoms with E-state index in [9.17, 15) is 13.2 Å². The Morgan fingerprint density at radius 1 is 1.58 bits per heavy atom. The number of hydrogen-bond acceptors (Lipinski definition) is 4. The van der Waals surface area contributed by atoms with E-state index >= 15 is 0 Å². The minimum absolute atomic E-state index is 0.125. The number of rotatable bonds is 4. The maximum absolute atomic E-state index is 12.1. The van der Waals surface area contributed by atoms with Gasteiger partial charge in [-0.05, 0) is 47.4 Å². The molecule has 0 aliphatic carbocycles. The Labute approximate surface area is 131 Å². The average Bonchev–Trinajstić information content (AvgIpc) is 2.75. The Hall–Kier alpha value is 0.01000. The maximum Gasteiger partial charge on any atom is 0.211 e. The van der Waals surface area contributed by atoms with Gasteiger partial charge in [-0.15, -0.1) is 11.3 Å². The van der Waals surface area contributed by atoms with Crippen molar-refractivity contribution >= 4 is 49.7 Å². The molecule has 2 heterocycles. The summed E-state index contributed by atoms with van der Waals surface area (Å²) >= 11 is 3.76. The highest BCUT2D eigenvalue weighted by molar-refractivity contribution is 14.1. The van der Waals surface area contributed by atoms with Crippen LogP contribution in [-0.2, 0) is 10.0 Å². The molecule has 1 aromatic heterocycles. The first-order chi connectivity index (χ1) is 8.86. The molecule has 0 bridgehead atoms. The summed E-state index contributed by atoms with van der Waals surface area (Å²) in [5.74, 6) is 0.271. The normalized spacial score (nSPS) is 21.5. The van der Waals surface area contributed by atoms with Crippen LogP contribution in [0.3, 0.4) is 0 Å². The quantitative estimate of drug-likeness (QED) is 0.563. The minimum Gasteiger partial charge on any atom is -0.294 e. The molecule has 4 nitrogen and oxygen atoms in total. The number of piperidine rings is 1. The van der Waals surface area contributed by atoms with Gasteiger partial charge in [0.25, 0.3) is 0 Å². The van der Waals surface area contributed by atoms with E-state index in [1.165, 1.54) is 10.6 Å². The van der Waals surface area contributed by atoms with Crippen molar-refractivity contribution < 1.29 is 13.2 Å². The minimum atomic E-state index is -3.13. The van der Waals surface area contributed by atoms with Crippen LogP contribution in [0.1, 0.15) is 29.6 Å². The molecule has 19 heavy (non-hydrogen) atoms. The molecule has 1 saturated heterocycles. The van der Waals surface area contributed by atoms with Gasteiger partial charge in [-0.2, -0.15) is 0 Å². The summed E-state index contributed by atoms with van der Waals surface area (Å²) in [6.45, 7) is 1.06. The van der Waals surface area contributed by atoms with Gasteiger partial charge in [0.15, 0.2) is 5.78 Å². The summed E-state index contributed by atoms with van der Waals surface area (Å²) in [4.78, 5) is 12.1. The zero-order valence-corrected chi connectivity index (χ0v) is 14.4. The first-order valence-corrected chi connectivity index (χ1v) is 9.89. The zero-order valence-electron chi connectivity index (χ0n) is 10.6. The lowest BCUT2D eigenvalue weighted by atomic mass is 9.92. The van der Waals surface area contributed by atoms with Gasteiger partial charge < -0.3 is 0 Å². The average molecular weight is 413 g/mol. The van der Waals surface area contributed by atoms with E-state index in [-0.39, 0.29) is 11.7 Å². The Kier molecular flexibility index (Phi) is 5.02. The SMILES string of the molecule is CS(=O)(=O)N1CCCC(CC(=O)c2csc(I)c2)C1. The fourth-order valence-electron chi connectivity index (χ4n) is 2.33. The standard InChI is InChI=1S/C12H16INO3S2/c1-19(16,17)14-4-2-3-9(7-14)5-11(15)10-6-12(13)18-8-10/h6,8-9H,2-5,7H2,1H3. The highest BCUT2D eigenvalue weighted by Crippen LogP contribution is 2.25. The topological polar surface area (TPSA) is 54.5 Å². The van der Waals surface area contributed by atoms with E-state index in [1.807, 2.05) is 11.4 Å². The largest absolute Gasteiger partial charge is 0.294 e. The number of Topliss-reactive ketones (excluding diaryl/α,β-unsaturated/α-hetero) is 1. The van der Waals surface area contributed by atoms with Crippen LogP contribution in [0.4, 0.5) is 0 Å². The molecule has 0 radical (unpaired) electrons. The van der Waals surface area contributed by atoms with Crippen molar-refractivity contribution in [1.29, 1.82) is 0 Å². The van der Waals surface area contributed by atoms with Crippen molar-refractivity contribution in [1.82, 2.24) is 4.31 Å². The number of hydrogen-bond donors (Lipinski definition) is 0. The number of ketones is 1. The maximum atomic E-state index is 12.1. The Morgan fingerprint density at radius 3 is 2.89 bits per heavy atom. The number of sulfonamides is 1. The van der Waals surface area contributed by atoms with Crippen LogP contribution in [0.25, 0.3) is 0 Å². The number of thiophene rings is 1. The molecule has 1 aliphatic rings. The van der Waals surface area contributed by atoms with E-state index < -0.39 is 10.0 Å². The van der Waals surface area contributed by atoms with Crippen LogP contribution in [0, 0.1) is 8.80 Å². The molecule has 7 heteroatoms. The van der Waals surface area contributed by atoms with Crippen LogP contribution >= 0.6 is 33.9 Å². The summed E-state index contributed by atoms with van der Waals surface area (Å²) in [5, 5.41) is 1.88. The molecule has 1 aromatic rings. The lowest BCUT2D eigenvalue weighted by Gasteiger charge is -2.30. The van der Waals surface area contributed by atoms with Gasteiger partial charge in [0, 0.05) is 30.5 Å². The van der Waals surface area contributed by atoms with Crippen LogP contribution < -0.4 is 0 Å². The second-order valence-electron chi connectivity index (χ2n) is 4.90. The molecule has 1 atom stereocenters. The van der Waals surface area contributed by atoms with E-state index in [0.29, 0.717) is 19.5 Å². The molecule has 1 fully saturated rings. The molecule has 1 aliphatic heterocycles. The molecule has 106 valence electrons. The smallest absolute Gasteiger partial charge is 0.211 e. The van der Waals surface area contributed by atoms with Crippen molar-refractivity contribution in [2.75, 3.05) is 19.3 Å². The third-order valence-corrected chi connectivity index (χ3v) is 6.37. The van der Waals surface area contributed by atoms with Crippen molar-refractivity contribution in [2.45, 2.75) is 19.3 Å². The third-order valence-electron chi connectivity index (χ3n) is 3.31. The number of halogens is 1. The highest BCUT2D eigenvalue weighted by Gasteiger charge is 2.27. The molecule has 1 unspecified atom stereocenters. The van der Waals surface area contributed by atoms with E-state index in [2.05, 4.69) is 22.6 Å². The molecule has 0 amide bonds. The molecular weight excluding hydrogens is 397 g/mol. The third kappa shape index (κ3) is 4.24. The monoisotopic (exact) mass is 413 g/mol. The van der Waals surface area contributed by atoms with E-state index in [4.69, 9.17) is 0 Å². The van der Waals surface area contributed by atoms with Crippen LogP contribution in [-0.4, -0.2) is 37.9 Å². The summed E-state index contributed by atoms with van der Waals surface area (Å²) in [7, 11) is -3.13. The van der Waals surface area contributed by atoms with Gasteiger partial charge >= 0.3 is 0 Å². The Morgan fingerprint density at radius 2 is 2.32 bits per heavy atom. The number of carbonyl (C=O) groups is 1. The molecule has 2 rings (SSSR count). The molecule has 0 spiro atoms. The van der Waals surface area contributed by atoms with E-state index in [1.54, 1.807) is 11.3 Å². The van der Waals surface area contributed by atoms with Gasteiger partial charge in [-0.25, -0.2) is 12.7 Å². The molecule has 0 N–H and O–H groups in total. The summed E-state index contributed by atoms with van der Waals surface area (Å²) in [6, 6.07) is 1.89. The second kappa shape index (κ2) is 6.19. The van der Waals surface area contributed by atoms with Crippen LogP contribution in [0.2, 0.25) is 0 Å². The Balaban J connectivity index is 1.98. The first-order valence-electron chi connectivity index (χ1n) is 6.08. The fraction of sp³-hybridized carbons (Fsp3) is 0.583. The van der Waals surface area contributed by atoms with E-state index in [0.717, 1.165) is 21.3 Å². The van der Waals surface area contributed by atoms with Gasteiger partial charge in [-0.3, -0.25) is 4.79 Å². The predicted octanol–water partition coefficient (Wildman–Crippen LogP) is 2.60. The van der Waals surface area contributed by atoms with Gasteiger partial charge in [0.05, 0.1) is 9.14 Å². The lowest BCUT2D eigenvalue weighted by Crippen LogP contribution is -2.39. The summed E-state index contributed by atoms with van der Waals surface area (Å²) in [5.41, 5.74) is 0.755. The van der Waals surface area contributed by atoms with Gasteiger partial charge in [0.1, 0.15) is 0 Å². The fourth-order valence-corrected chi connectivity index (χ4v) is 4.62. The van der Waals surface area contributed by atoms with Crippen molar-refractivity contribution in [3.8, 4) is 0 Å². The predicted molar refractivity (Wildman–Crippen MR) is 85.1 cm³/mol. The highest BCUT2D eigenvalue weighted by atomic mass is 127. The van der Waals surface area contributed by atoms with Crippen molar-refractivity contribution in [3.05, 3.63) is 19.9 Å². The van der Waals surface area contributed by atoms with Crippen molar-refractivity contribution in [2.24, 2.45) is 5.92 Å². The van der Waals surface area contributed by atoms with Crippen LogP contribution in [0.15, 0.2) is 11.4 Å². The molecular formula is C12H16INO3S2. The zero-order chi connectivity index (χ0) is 14.0. The molecule has 0 aromatic carbocycles. The molecule has 0 saturated carbocycles.